The van der Waals surface area contributed by atoms with Gasteiger partial charge in [0.25, 0.3) is 0 Å². The molecule has 9 heteroatoms. The minimum absolute atomic E-state index is 0.0775. The van der Waals surface area contributed by atoms with Crippen LogP contribution >= 0.6 is 11.3 Å². The number of nitrogens with one attached hydrogen (secondary N) is 1. The lowest BCUT2D eigenvalue weighted by atomic mass is 10.2. The van der Waals surface area contributed by atoms with E-state index in [1.807, 2.05) is 13.8 Å². The van der Waals surface area contributed by atoms with E-state index < -0.39 is 11.8 Å². The van der Waals surface area contributed by atoms with Crippen molar-refractivity contribution in [2.75, 3.05) is 5.32 Å². The van der Waals surface area contributed by atoms with Crippen molar-refractivity contribution in [2.45, 2.75) is 20.0 Å². The Morgan fingerprint density at radius 1 is 1.38 bits per heavy atom. The predicted molar refractivity (Wildman–Crippen MR) is 87.6 cm³/mol. The van der Waals surface area contributed by atoms with Crippen LogP contribution in [0, 0.1) is 5.82 Å². The smallest absolute Gasteiger partial charge is 0.365 e. The first-order chi connectivity index (χ1) is 11.4. The van der Waals surface area contributed by atoms with Gasteiger partial charge in [0.1, 0.15) is 28.2 Å². The Morgan fingerprint density at radius 3 is 2.88 bits per heavy atom. The second-order valence-corrected chi connectivity index (χ2v) is 6.11. The fourth-order valence-corrected chi connectivity index (χ4v) is 2.76. The third-order valence-corrected chi connectivity index (χ3v) is 3.89. The average Bonchev–Trinajstić information content (AvgIpc) is 2.95. The van der Waals surface area contributed by atoms with Gasteiger partial charge in [0.2, 0.25) is 5.01 Å². The molecular formula is C15H13FN4O3S. The van der Waals surface area contributed by atoms with Crippen molar-refractivity contribution in [1.82, 2.24) is 15.0 Å². The summed E-state index contributed by atoms with van der Waals surface area (Å²) < 4.78 is 19.1. The molecule has 0 saturated heterocycles. The summed E-state index contributed by atoms with van der Waals surface area (Å²) in [7, 11) is 0. The van der Waals surface area contributed by atoms with Crippen molar-refractivity contribution in [3.63, 3.8) is 0 Å². The first-order valence-electron chi connectivity index (χ1n) is 7.02. The zero-order chi connectivity index (χ0) is 17.3. The van der Waals surface area contributed by atoms with Gasteiger partial charge in [0, 0.05) is 6.07 Å². The molecule has 3 aromatic rings. The standard InChI is InChI=1S/C15H13FN4O3S/c1-7(2)23-10-5-8(16)3-4-9(10)19-12-11-13(18-6-17-12)24-14(20-11)15(21)22/h3-7H,1-2H3,(H,21,22)(H,17,18,19). The SMILES string of the molecule is CC(C)Oc1cc(F)ccc1Nc1ncnc2sc(C(=O)O)nc12. The maximum Gasteiger partial charge on any atom is 0.365 e. The molecule has 0 saturated carbocycles. The number of rotatable bonds is 5. The van der Waals surface area contributed by atoms with Gasteiger partial charge in [-0.1, -0.05) is 11.3 Å². The summed E-state index contributed by atoms with van der Waals surface area (Å²) in [6, 6.07) is 4.08. The first-order valence-corrected chi connectivity index (χ1v) is 7.83. The molecule has 0 unspecified atom stereocenters. The highest BCUT2D eigenvalue weighted by atomic mass is 32.1. The monoisotopic (exact) mass is 348 g/mol. The van der Waals surface area contributed by atoms with Crippen LogP contribution in [0.3, 0.4) is 0 Å². The maximum absolute atomic E-state index is 13.5. The van der Waals surface area contributed by atoms with Gasteiger partial charge >= 0.3 is 5.97 Å². The number of anilines is 2. The Balaban J connectivity index is 2.02. The van der Waals surface area contributed by atoms with Crippen LogP contribution in [0.25, 0.3) is 10.3 Å². The van der Waals surface area contributed by atoms with Crippen LogP contribution in [0.15, 0.2) is 24.5 Å². The second kappa shape index (κ2) is 6.36. The predicted octanol–water partition coefficient (Wildman–Crippen LogP) is 3.45. The van der Waals surface area contributed by atoms with Crippen LogP contribution in [0.1, 0.15) is 23.6 Å². The Morgan fingerprint density at radius 2 is 2.17 bits per heavy atom. The van der Waals surface area contributed by atoms with Gasteiger partial charge in [0.15, 0.2) is 5.82 Å². The fraction of sp³-hybridized carbons (Fsp3) is 0.200. The van der Waals surface area contributed by atoms with Crippen LogP contribution < -0.4 is 10.1 Å². The molecule has 2 heterocycles. The Kier molecular flexibility index (Phi) is 4.26. The van der Waals surface area contributed by atoms with Crippen molar-refractivity contribution < 1.29 is 19.0 Å². The summed E-state index contributed by atoms with van der Waals surface area (Å²) in [5.74, 6) is -0.908. The number of benzene rings is 1. The number of nitrogens with zero attached hydrogens (tertiary/aromatic N) is 3. The van der Waals surface area contributed by atoms with E-state index in [-0.39, 0.29) is 11.1 Å². The molecular weight excluding hydrogens is 335 g/mol. The number of ether oxygens (including phenoxy) is 1. The highest BCUT2D eigenvalue weighted by molar-refractivity contribution is 7.19. The van der Waals surface area contributed by atoms with Crippen LogP contribution in [-0.2, 0) is 0 Å². The van der Waals surface area contributed by atoms with Gasteiger partial charge in [-0.25, -0.2) is 24.1 Å². The number of carboxylic acid groups (broad SMARTS) is 1. The van der Waals surface area contributed by atoms with Gasteiger partial charge in [-0.15, -0.1) is 0 Å². The normalized spacial score (nSPS) is 11.0. The third-order valence-electron chi connectivity index (χ3n) is 2.94. The van der Waals surface area contributed by atoms with Gasteiger partial charge in [-0.3, -0.25) is 0 Å². The van der Waals surface area contributed by atoms with Crippen LogP contribution in [0.4, 0.5) is 15.9 Å². The van der Waals surface area contributed by atoms with Crippen molar-refractivity contribution in [3.05, 3.63) is 35.4 Å². The topological polar surface area (TPSA) is 97.2 Å². The van der Waals surface area contributed by atoms with Crippen molar-refractivity contribution in [1.29, 1.82) is 0 Å². The molecule has 0 aliphatic carbocycles. The number of thiazole rings is 1. The fourth-order valence-electron chi connectivity index (χ4n) is 2.02. The summed E-state index contributed by atoms with van der Waals surface area (Å²) in [6.07, 6.45) is 1.16. The third kappa shape index (κ3) is 3.25. The van der Waals surface area contributed by atoms with E-state index in [4.69, 9.17) is 9.84 Å². The lowest BCUT2D eigenvalue weighted by Gasteiger charge is -2.15. The number of aromatic nitrogens is 3. The Labute approximate surface area is 140 Å². The number of fused-ring (bicyclic) bond motifs is 1. The molecule has 2 aromatic heterocycles. The summed E-state index contributed by atoms with van der Waals surface area (Å²) in [5.41, 5.74) is 0.828. The Bertz CT molecular complexity index is 913. The molecule has 0 radical (unpaired) electrons. The molecule has 0 amide bonds. The minimum atomic E-state index is -1.13. The molecule has 24 heavy (non-hydrogen) atoms. The molecule has 0 aliphatic rings. The minimum Gasteiger partial charge on any atom is -0.489 e. The van der Waals surface area contributed by atoms with Crippen molar-refractivity contribution in [3.8, 4) is 5.75 Å². The van der Waals surface area contributed by atoms with Gasteiger partial charge < -0.3 is 15.2 Å². The lowest BCUT2D eigenvalue weighted by molar-refractivity contribution is 0.0696. The van der Waals surface area contributed by atoms with E-state index in [9.17, 15) is 9.18 Å². The van der Waals surface area contributed by atoms with E-state index in [2.05, 4.69) is 20.3 Å². The molecule has 3 rings (SSSR count). The van der Waals surface area contributed by atoms with Gasteiger partial charge in [-0.05, 0) is 26.0 Å². The van der Waals surface area contributed by atoms with Crippen molar-refractivity contribution >= 4 is 39.2 Å². The first kappa shape index (κ1) is 16.1. The summed E-state index contributed by atoms with van der Waals surface area (Å²) in [4.78, 5) is 23.7. The van der Waals surface area contributed by atoms with Crippen molar-refractivity contribution in [2.24, 2.45) is 0 Å². The number of aromatic carboxylic acids is 1. The van der Waals surface area contributed by atoms with Gasteiger partial charge in [-0.2, -0.15) is 0 Å². The number of hydrogen-bond donors (Lipinski definition) is 2. The highest BCUT2D eigenvalue weighted by Gasteiger charge is 2.16. The molecule has 2 N–H and O–H groups in total. The number of carbonyl (C=O) groups is 1. The molecule has 0 atom stereocenters. The van der Waals surface area contributed by atoms with E-state index >= 15 is 0 Å². The second-order valence-electron chi connectivity index (χ2n) is 5.13. The van der Waals surface area contributed by atoms with E-state index in [1.165, 1.54) is 24.5 Å². The number of carboxylic acids is 1. The largest absolute Gasteiger partial charge is 0.489 e. The van der Waals surface area contributed by atoms with E-state index in [0.717, 1.165) is 11.3 Å². The molecule has 0 bridgehead atoms. The highest BCUT2D eigenvalue weighted by Crippen LogP contribution is 2.32. The summed E-state index contributed by atoms with van der Waals surface area (Å²) in [6.45, 7) is 3.66. The maximum atomic E-state index is 13.5. The molecule has 0 spiro atoms. The van der Waals surface area contributed by atoms with Crippen LogP contribution in [-0.4, -0.2) is 32.1 Å². The molecule has 7 nitrogen and oxygen atoms in total. The molecule has 1 aromatic carbocycles. The molecule has 0 aliphatic heterocycles. The zero-order valence-electron chi connectivity index (χ0n) is 12.8. The Hall–Kier alpha value is -2.81. The van der Waals surface area contributed by atoms with Crippen LogP contribution in [0.2, 0.25) is 0 Å². The van der Waals surface area contributed by atoms with E-state index in [0.29, 0.717) is 27.6 Å². The summed E-state index contributed by atoms with van der Waals surface area (Å²) >= 11 is 0.954. The summed E-state index contributed by atoms with van der Waals surface area (Å²) in [5, 5.41) is 12.0. The quantitative estimate of drug-likeness (QED) is 0.729. The number of halogens is 1. The van der Waals surface area contributed by atoms with Crippen LogP contribution in [0.5, 0.6) is 5.75 Å². The number of hydrogen-bond acceptors (Lipinski definition) is 7. The molecule has 0 fully saturated rings. The van der Waals surface area contributed by atoms with Gasteiger partial charge in [0.05, 0.1) is 11.8 Å². The van der Waals surface area contributed by atoms with E-state index in [1.54, 1.807) is 0 Å². The zero-order valence-corrected chi connectivity index (χ0v) is 13.6. The lowest BCUT2D eigenvalue weighted by Crippen LogP contribution is -2.08. The molecule has 124 valence electrons. The average molecular weight is 348 g/mol.